The van der Waals surface area contributed by atoms with Gasteiger partial charge in [0.25, 0.3) is 0 Å². The maximum Gasteiger partial charge on any atom is 2.00 e. The van der Waals surface area contributed by atoms with Crippen molar-refractivity contribution in [3.63, 3.8) is 0 Å². The zero-order chi connectivity index (χ0) is 36.5. The van der Waals surface area contributed by atoms with E-state index < -0.39 is 0 Å². The monoisotopic (exact) mass is 881 g/mol. The van der Waals surface area contributed by atoms with Crippen LogP contribution in [0.25, 0.3) is 44.4 Å². The molecule has 0 aliphatic carbocycles. The van der Waals surface area contributed by atoms with E-state index in [2.05, 4.69) is 115 Å². The number of nitrogens with zero attached hydrogens (tertiary/aromatic N) is 4. The molecule has 0 aliphatic heterocycles. The summed E-state index contributed by atoms with van der Waals surface area (Å²) in [6, 6.07) is 29.7. The van der Waals surface area contributed by atoms with Gasteiger partial charge in [-0.2, -0.15) is 17.2 Å². The maximum absolute atomic E-state index is 6.47. The molecule has 0 unspecified atom stereocenters. The molecule has 6 heteroatoms. The Morgan fingerprint density at radius 2 is 1.47 bits per heavy atom. The summed E-state index contributed by atoms with van der Waals surface area (Å²) in [5.41, 5.74) is 14.2. The second-order valence-corrected chi connectivity index (χ2v) is 14.6. The number of ether oxygens (including phenoxy) is 1. The Kier molecular flexibility index (Phi) is 11.7. The Morgan fingerprint density at radius 1 is 0.755 bits per heavy atom. The van der Waals surface area contributed by atoms with Gasteiger partial charge in [0.15, 0.2) is 0 Å². The Bertz CT molecular complexity index is 2380. The van der Waals surface area contributed by atoms with Crippen LogP contribution >= 0.6 is 0 Å². The van der Waals surface area contributed by atoms with Crippen molar-refractivity contribution in [1.82, 2.24) is 19.3 Å². The van der Waals surface area contributed by atoms with E-state index in [9.17, 15) is 0 Å². The van der Waals surface area contributed by atoms with Crippen molar-refractivity contribution in [2.45, 2.75) is 99.3 Å². The Morgan fingerprint density at radius 3 is 2.19 bits per heavy atom. The Labute approximate surface area is 329 Å². The molecule has 7 rings (SSSR count). The molecular formula is C47H50N4OPt. The fourth-order valence-corrected chi connectivity index (χ4v) is 8.18. The Balaban J connectivity index is 0.00000481. The molecule has 0 saturated heterocycles. The molecule has 53 heavy (non-hydrogen) atoms. The molecule has 0 amide bonds. The van der Waals surface area contributed by atoms with E-state index in [4.69, 9.17) is 14.8 Å². The summed E-state index contributed by atoms with van der Waals surface area (Å²) in [5.74, 6) is 2.88. The van der Waals surface area contributed by atoms with Crippen LogP contribution in [0.3, 0.4) is 0 Å². The Hall–Kier alpha value is -4.47. The van der Waals surface area contributed by atoms with E-state index in [1.54, 1.807) is 16.7 Å². The SMILES string of the molecule is CCCc1c(CC)c(C(C)C)c(-c2cnn(-c3[c-]c(Oc4[c-]c5c(cc4)c4ccccc4n5-c4cc(C)ccn4)ccc3)c2)c(C(C)C)c1CCC.[Pt+2]. The first-order valence-electron chi connectivity index (χ1n) is 19.1. The third-order valence-corrected chi connectivity index (χ3v) is 10.2. The summed E-state index contributed by atoms with van der Waals surface area (Å²) in [5, 5.41) is 7.19. The second kappa shape index (κ2) is 16.3. The van der Waals surface area contributed by atoms with Crippen LogP contribution in [0.2, 0.25) is 0 Å². The molecule has 0 atom stereocenters. The standard InChI is InChI=1S/C47H50N4O.Pt/c1-9-15-38-37(11-3)45(30(4)5)47(46(31(6)7)41(38)16-10-2)33-28-49-50(29-33)34-17-14-18-35(26-34)52-36-21-22-40-39-19-12-13-20-42(39)51(43(40)27-36)44-25-32(8)23-24-48-44;/h12-14,17-25,28-31H,9-11,15-16H2,1-8H3;/q-2;+2. The van der Waals surface area contributed by atoms with Crippen LogP contribution in [0, 0.1) is 19.1 Å². The van der Waals surface area contributed by atoms with Gasteiger partial charge in [0, 0.05) is 35.0 Å². The molecular weight excluding hydrogens is 832 g/mol. The minimum absolute atomic E-state index is 0. The summed E-state index contributed by atoms with van der Waals surface area (Å²) in [7, 11) is 0. The largest absolute Gasteiger partial charge is 2.00 e. The molecule has 3 heterocycles. The summed E-state index contributed by atoms with van der Waals surface area (Å²) in [6.07, 6.45) is 11.7. The van der Waals surface area contributed by atoms with Crippen LogP contribution in [0.15, 0.2) is 85.3 Å². The topological polar surface area (TPSA) is 44.9 Å². The van der Waals surface area contributed by atoms with Gasteiger partial charge < -0.3 is 9.30 Å². The minimum Gasteiger partial charge on any atom is -0.509 e. The number of para-hydroxylation sites is 1. The van der Waals surface area contributed by atoms with Crippen LogP contribution in [-0.2, 0) is 40.3 Å². The molecule has 0 radical (unpaired) electrons. The second-order valence-electron chi connectivity index (χ2n) is 14.6. The van der Waals surface area contributed by atoms with Gasteiger partial charge in [-0.05, 0) is 106 Å². The molecule has 7 aromatic rings. The van der Waals surface area contributed by atoms with Gasteiger partial charge in [-0.3, -0.25) is 4.68 Å². The number of aryl methyl sites for hydroxylation is 1. The van der Waals surface area contributed by atoms with Gasteiger partial charge in [-0.1, -0.05) is 85.0 Å². The van der Waals surface area contributed by atoms with Crippen molar-refractivity contribution in [2.24, 2.45) is 0 Å². The van der Waals surface area contributed by atoms with E-state index in [1.165, 1.54) is 22.3 Å². The third-order valence-electron chi connectivity index (χ3n) is 10.2. The van der Waals surface area contributed by atoms with Crippen molar-refractivity contribution >= 4 is 21.8 Å². The fraction of sp³-hybridized carbons (Fsp3) is 0.319. The van der Waals surface area contributed by atoms with Crippen molar-refractivity contribution in [3.05, 3.63) is 131 Å². The van der Waals surface area contributed by atoms with Crippen molar-refractivity contribution < 1.29 is 25.8 Å². The average molecular weight is 882 g/mol. The van der Waals surface area contributed by atoms with E-state index in [0.29, 0.717) is 23.3 Å². The molecule has 0 fully saturated rings. The smallest absolute Gasteiger partial charge is 0.509 e. The molecule has 3 aromatic heterocycles. The van der Waals surface area contributed by atoms with Gasteiger partial charge in [-0.15, -0.1) is 35.7 Å². The number of hydrogen-bond acceptors (Lipinski definition) is 3. The molecule has 0 spiro atoms. The molecule has 5 nitrogen and oxygen atoms in total. The van der Waals surface area contributed by atoms with E-state index >= 15 is 0 Å². The van der Waals surface area contributed by atoms with Crippen molar-refractivity contribution in [1.29, 1.82) is 0 Å². The van der Waals surface area contributed by atoms with Crippen LogP contribution in [0.1, 0.15) is 107 Å². The average Bonchev–Trinajstić information content (AvgIpc) is 3.75. The van der Waals surface area contributed by atoms with E-state index in [-0.39, 0.29) is 21.1 Å². The number of rotatable bonds is 12. The molecule has 0 saturated carbocycles. The number of pyridine rings is 1. The molecule has 0 aliphatic rings. The number of hydrogen-bond donors (Lipinski definition) is 0. The molecule has 0 bridgehead atoms. The fourth-order valence-electron chi connectivity index (χ4n) is 8.18. The van der Waals surface area contributed by atoms with Gasteiger partial charge in [-0.25, -0.2) is 4.98 Å². The van der Waals surface area contributed by atoms with Crippen molar-refractivity contribution in [3.8, 4) is 34.1 Å². The number of aromatic nitrogens is 4. The summed E-state index contributed by atoms with van der Waals surface area (Å²) < 4.78 is 10.6. The van der Waals surface area contributed by atoms with Crippen LogP contribution in [0.4, 0.5) is 0 Å². The van der Waals surface area contributed by atoms with Gasteiger partial charge in [0.1, 0.15) is 5.82 Å². The molecule has 274 valence electrons. The first-order chi connectivity index (χ1) is 25.2. The van der Waals surface area contributed by atoms with Crippen LogP contribution in [-0.4, -0.2) is 19.3 Å². The van der Waals surface area contributed by atoms with E-state index in [1.807, 2.05) is 47.4 Å². The minimum atomic E-state index is 0. The van der Waals surface area contributed by atoms with Gasteiger partial charge >= 0.3 is 21.1 Å². The van der Waals surface area contributed by atoms with Gasteiger partial charge in [0.05, 0.1) is 6.20 Å². The predicted octanol–water partition coefficient (Wildman–Crippen LogP) is 12.4. The van der Waals surface area contributed by atoms with E-state index in [0.717, 1.165) is 71.0 Å². The summed E-state index contributed by atoms with van der Waals surface area (Å²) in [6.45, 7) is 18.4. The molecule has 0 N–H and O–H groups in total. The van der Waals surface area contributed by atoms with Crippen molar-refractivity contribution in [2.75, 3.05) is 0 Å². The zero-order valence-electron chi connectivity index (χ0n) is 32.3. The summed E-state index contributed by atoms with van der Waals surface area (Å²) >= 11 is 0. The normalized spacial score (nSPS) is 11.6. The summed E-state index contributed by atoms with van der Waals surface area (Å²) in [4.78, 5) is 4.72. The first kappa shape index (κ1) is 38.3. The van der Waals surface area contributed by atoms with Crippen LogP contribution < -0.4 is 4.74 Å². The quantitative estimate of drug-likeness (QED) is 0.115. The maximum atomic E-state index is 6.47. The van der Waals surface area contributed by atoms with Gasteiger partial charge in [0.2, 0.25) is 0 Å². The number of benzene rings is 4. The zero-order valence-corrected chi connectivity index (χ0v) is 34.6. The van der Waals surface area contributed by atoms with Crippen LogP contribution in [0.5, 0.6) is 11.5 Å². The number of fused-ring (bicyclic) bond motifs is 3. The predicted molar refractivity (Wildman–Crippen MR) is 216 cm³/mol. The third kappa shape index (κ3) is 7.26. The molecule has 4 aromatic carbocycles. The first-order valence-corrected chi connectivity index (χ1v) is 19.1.